The number of hydrogen-bond donors (Lipinski definition) is 2. The molecule has 0 spiro atoms. The zero-order valence-corrected chi connectivity index (χ0v) is 22.2. The molecule has 1 aromatic carbocycles. The van der Waals surface area contributed by atoms with E-state index in [1.807, 2.05) is 19.1 Å². The predicted octanol–water partition coefficient (Wildman–Crippen LogP) is 5.69. The Morgan fingerprint density at radius 2 is 1.90 bits per heavy atom. The third-order valence-corrected chi connectivity index (χ3v) is 7.64. The second-order valence-corrected chi connectivity index (χ2v) is 10.9. The summed E-state index contributed by atoms with van der Waals surface area (Å²) in [6, 6.07) is 6.23. The lowest BCUT2D eigenvalue weighted by molar-refractivity contribution is -0.143. The maximum absolute atomic E-state index is 13.8. The van der Waals surface area contributed by atoms with E-state index < -0.39 is 36.5 Å². The van der Waals surface area contributed by atoms with Gasteiger partial charge in [0, 0.05) is 68.8 Å². The van der Waals surface area contributed by atoms with Crippen molar-refractivity contribution in [2.24, 2.45) is 5.92 Å². The van der Waals surface area contributed by atoms with Crippen LogP contribution in [0.5, 0.6) is 0 Å². The van der Waals surface area contributed by atoms with Gasteiger partial charge in [-0.1, -0.05) is 6.07 Å². The van der Waals surface area contributed by atoms with Crippen molar-refractivity contribution in [1.29, 1.82) is 0 Å². The van der Waals surface area contributed by atoms with Crippen molar-refractivity contribution in [2.45, 2.75) is 57.2 Å². The van der Waals surface area contributed by atoms with E-state index in [2.05, 4.69) is 25.5 Å². The molecular formula is C27H33F5N6O2. The minimum atomic E-state index is -4.26. The number of anilines is 3. The molecule has 13 heteroatoms. The van der Waals surface area contributed by atoms with E-state index in [1.54, 1.807) is 12.1 Å². The molecule has 40 heavy (non-hydrogen) atoms. The summed E-state index contributed by atoms with van der Waals surface area (Å²) in [6.07, 6.45) is -5.01. The number of ether oxygens (including phenoxy) is 1. The lowest BCUT2D eigenvalue weighted by Crippen LogP contribution is -2.37. The van der Waals surface area contributed by atoms with Crippen molar-refractivity contribution in [3.63, 3.8) is 0 Å². The van der Waals surface area contributed by atoms with Crippen molar-refractivity contribution in [3.8, 4) is 11.3 Å². The zero-order chi connectivity index (χ0) is 28.5. The number of halogens is 5. The van der Waals surface area contributed by atoms with Gasteiger partial charge in [0.05, 0.1) is 18.9 Å². The molecule has 1 unspecified atom stereocenters. The number of amides is 2. The fraction of sp³-hybridized carbons (Fsp3) is 0.593. The van der Waals surface area contributed by atoms with Crippen LogP contribution in [0.4, 0.5) is 44.2 Å². The van der Waals surface area contributed by atoms with E-state index in [4.69, 9.17) is 4.74 Å². The Kier molecular flexibility index (Phi) is 8.03. The van der Waals surface area contributed by atoms with Crippen molar-refractivity contribution < 1.29 is 31.5 Å². The molecule has 5 rings (SSSR count). The average molecular weight is 569 g/mol. The number of morpholine rings is 1. The molecule has 1 saturated carbocycles. The number of nitrogens with zero attached hydrogens (tertiary/aromatic N) is 4. The third-order valence-electron chi connectivity index (χ3n) is 7.64. The number of nitrogens with one attached hydrogen (secondary N) is 2. The van der Waals surface area contributed by atoms with Crippen LogP contribution in [0.15, 0.2) is 24.3 Å². The van der Waals surface area contributed by atoms with Crippen LogP contribution in [0.2, 0.25) is 0 Å². The van der Waals surface area contributed by atoms with Crippen molar-refractivity contribution in [2.75, 3.05) is 54.9 Å². The lowest BCUT2D eigenvalue weighted by Gasteiger charge is -2.28. The summed E-state index contributed by atoms with van der Waals surface area (Å²) in [6.45, 7) is 4.53. The number of aryl methyl sites for hydroxylation is 1. The van der Waals surface area contributed by atoms with Crippen LogP contribution in [0.1, 0.15) is 37.7 Å². The summed E-state index contributed by atoms with van der Waals surface area (Å²) < 4.78 is 71.4. The van der Waals surface area contributed by atoms with Crippen molar-refractivity contribution >= 4 is 23.5 Å². The highest BCUT2D eigenvalue weighted by Crippen LogP contribution is 2.37. The number of likely N-dealkylation sites (tertiary alicyclic amines) is 1. The van der Waals surface area contributed by atoms with E-state index in [9.17, 15) is 26.7 Å². The number of rotatable bonds is 6. The molecule has 0 bridgehead atoms. The van der Waals surface area contributed by atoms with Gasteiger partial charge in [-0.15, -0.1) is 0 Å². The molecule has 8 nitrogen and oxygen atoms in total. The van der Waals surface area contributed by atoms with Gasteiger partial charge < -0.3 is 25.2 Å². The quantitative estimate of drug-likeness (QED) is 0.436. The van der Waals surface area contributed by atoms with Crippen LogP contribution in [-0.4, -0.2) is 78.4 Å². The lowest BCUT2D eigenvalue weighted by atomic mass is 10.0. The standard InChI is InChI=1S/C27H33F5N6O2/c1-17-2-3-19(34-25(39)38-7-5-18(16-38)14-27(30,31)32)12-21(17)22-13-23(37-8-10-40-11-9-37)36-24(35-22)33-20-4-6-26(28,29)15-20/h2-3,12-13,18,20H,4-11,14-16H2,1H3,(H,34,39)(H,33,35,36)/t18-,20?/m0/s1. The minimum Gasteiger partial charge on any atom is -0.378 e. The molecule has 2 atom stereocenters. The first-order valence-electron chi connectivity index (χ1n) is 13.5. The Bertz CT molecular complexity index is 1220. The van der Waals surface area contributed by atoms with Gasteiger partial charge in [0.2, 0.25) is 11.9 Å². The Labute approximate surface area is 229 Å². The zero-order valence-electron chi connectivity index (χ0n) is 22.2. The Morgan fingerprint density at radius 1 is 1.12 bits per heavy atom. The summed E-state index contributed by atoms with van der Waals surface area (Å²) in [7, 11) is 0. The van der Waals surface area contributed by atoms with E-state index in [-0.39, 0.29) is 31.9 Å². The van der Waals surface area contributed by atoms with Gasteiger partial charge in [-0.2, -0.15) is 18.2 Å². The van der Waals surface area contributed by atoms with Gasteiger partial charge >= 0.3 is 12.2 Å². The van der Waals surface area contributed by atoms with Crippen LogP contribution in [0.25, 0.3) is 11.3 Å². The SMILES string of the molecule is Cc1ccc(NC(=O)N2CC[C@@H](CC(F)(F)F)C2)cc1-c1cc(N2CCOCC2)nc(NC2CCC(F)(F)C2)n1. The molecule has 2 N–H and O–H groups in total. The molecule has 3 heterocycles. The molecule has 218 valence electrons. The molecule has 2 aliphatic heterocycles. The molecule has 2 aromatic rings. The molecule has 2 saturated heterocycles. The molecule has 3 aliphatic rings. The molecule has 1 aromatic heterocycles. The number of benzene rings is 1. The van der Waals surface area contributed by atoms with Crippen LogP contribution in [0, 0.1) is 12.8 Å². The van der Waals surface area contributed by atoms with E-state index in [0.717, 1.165) is 5.56 Å². The number of alkyl halides is 5. The average Bonchev–Trinajstić information content (AvgIpc) is 3.49. The summed E-state index contributed by atoms with van der Waals surface area (Å²) in [5.41, 5.74) is 2.62. The van der Waals surface area contributed by atoms with E-state index >= 15 is 0 Å². The first-order chi connectivity index (χ1) is 18.9. The van der Waals surface area contributed by atoms with Gasteiger partial charge in [-0.25, -0.2) is 18.6 Å². The normalized spacial score (nSPS) is 22.9. The second kappa shape index (κ2) is 11.3. The number of urea groups is 1. The topological polar surface area (TPSA) is 82.6 Å². The Hall–Kier alpha value is -3.22. The highest BCUT2D eigenvalue weighted by atomic mass is 19.4. The first-order valence-corrected chi connectivity index (χ1v) is 13.5. The third kappa shape index (κ3) is 7.10. The molecule has 1 aliphatic carbocycles. The number of carbonyl (C=O) groups excluding carboxylic acids is 1. The predicted molar refractivity (Wildman–Crippen MR) is 141 cm³/mol. The molecule has 2 amide bonds. The van der Waals surface area contributed by atoms with E-state index in [0.29, 0.717) is 61.9 Å². The highest BCUT2D eigenvalue weighted by Gasteiger charge is 2.40. The molecule has 0 radical (unpaired) electrons. The fourth-order valence-corrected chi connectivity index (χ4v) is 5.54. The fourth-order valence-electron chi connectivity index (χ4n) is 5.54. The van der Waals surface area contributed by atoms with Crippen LogP contribution >= 0.6 is 0 Å². The molecule has 3 fully saturated rings. The summed E-state index contributed by atoms with van der Waals surface area (Å²) in [4.78, 5) is 25.6. The maximum Gasteiger partial charge on any atom is 0.389 e. The van der Waals surface area contributed by atoms with Gasteiger partial charge in [-0.05, 0) is 43.4 Å². The van der Waals surface area contributed by atoms with Crippen molar-refractivity contribution in [1.82, 2.24) is 14.9 Å². The smallest absolute Gasteiger partial charge is 0.378 e. The summed E-state index contributed by atoms with van der Waals surface area (Å²) in [5, 5.41) is 5.89. The van der Waals surface area contributed by atoms with Crippen LogP contribution in [-0.2, 0) is 4.74 Å². The largest absolute Gasteiger partial charge is 0.389 e. The highest BCUT2D eigenvalue weighted by molar-refractivity contribution is 5.90. The van der Waals surface area contributed by atoms with Crippen molar-refractivity contribution in [3.05, 3.63) is 29.8 Å². The molecular weight excluding hydrogens is 535 g/mol. The number of carbonyl (C=O) groups is 1. The monoisotopic (exact) mass is 568 g/mol. The summed E-state index contributed by atoms with van der Waals surface area (Å²) >= 11 is 0. The Balaban J connectivity index is 1.37. The van der Waals surface area contributed by atoms with E-state index in [1.165, 1.54) is 4.90 Å². The van der Waals surface area contributed by atoms with Crippen LogP contribution < -0.4 is 15.5 Å². The first kappa shape index (κ1) is 28.3. The minimum absolute atomic E-state index is 0.0497. The van der Waals surface area contributed by atoms with Gasteiger partial charge in [0.1, 0.15) is 5.82 Å². The second-order valence-electron chi connectivity index (χ2n) is 10.9. The number of hydrogen-bond acceptors (Lipinski definition) is 6. The summed E-state index contributed by atoms with van der Waals surface area (Å²) in [5.74, 6) is -2.43. The number of aromatic nitrogens is 2. The van der Waals surface area contributed by atoms with Gasteiger partial charge in [0.25, 0.3) is 0 Å². The Morgan fingerprint density at radius 3 is 2.60 bits per heavy atom. The van der Waals surface area contributed by atoms with Crippen LogP contribution in [0.3, 0.4) is 0 Å². The maximum atomic E-state index is 13.8. The van der Waals surface area contributed by atoms with Gasteiger partial charge in [0.15, 0.2) is 0 Å². The van der Waals surface area contributed by atoms with Gasteiger partial charge in [-0.3, -0.25) is 0 Å².